The molecule has 2 rings (SSSR count). The van der Waals surface area contributed by atoms with Gasteiger partial charge in [0.05, 0.1) is 6.33 Å². The number of carbonyl (C=O) groups is 2. The molecule has 2 atom stereocenters. The number of ketones is 1. The molecule has 0 aromatic carbocycles. The smallest absolute Gasteiger partial charge is 0.359 e. The lowest BCUT2D eigenvalue weighted by atomic mass is 9.80. The molecule has 2 N–H and O–H groups in total. The Morgan fingerprint density at radius 2 is 2.14 bits per heavy atom. The first-order valence-electron chi connectivity index (χ1n) is 6.83. The molecule has 1 aromatic rings. The van der Waals surface area contributed by atoms with Crippen LogP contribution in [0.1, 0.15) is 43.4 Å². The molecule has 6 nitrogen and oxygen atoms in total. The number of nitrogens with one attached hydrogen (secondary N) is 1. The van der Waals surface area contributed by atoms with E-state index >= 15 is 0 Å². The van der Waals surface area contributed by atoms with Gasteiger partial charge in [-0.2, -0.15) is 0 Å². The highest BCUT2D eigenvalue weighted by Gasteiger charge is 2.40. The number of hydrogen-bond acceptors (Lipinski definition) is 5. The molecule has 0 spiro atoms. The van der Waals surface area contributed by atoms with E-state index in [2.05, 4.69) is 9.97 Å². The first-order chi connectivity index (χ1) is 9.72. The molecule has 0 saturated carbocycles. The van der Waals surface area contributed by atoms with Gasteiger partial charge in [-0.3, -0.25) is 4.79 Å². The van der Waals surface area contributed by atoms with Gasteiger partial charge in [0, 0.05) is 17.5 Å². The summed E-state index contributed by atoms with van der Waals surface area (Å²) in [4.78, 5) is 30.8. The molecule has 0 fully saturated rings. The molecular weight excluding hydrogens is 272 g/mol. The number of Topliss-reactive ketones (excluding diaryl/α,β-unsaturated/α-hetero) is 1. The van der Waals surface area contributed by atoms with Gasteiger partial charge in [-0.1, -0.05) is 13.8 Å². The van der Waals surface area contributed by atoms with E-state index in [1.54, 1.807) is 27.7 Å². The second kappa shape index (κ2) is 5.44. The molecule has 0 radical (unpaired) electrons. The van der Waals surface area contributed by atoms with E-state index in [-0.39, 0.29) is 17.9 Å². The minimum atomic E-state index is -0.956. The second-order valence-electron chi connectivity index (χ2n) is 6.13. The Bertz CT molecular complexity index is 601. The fraction of sp³-hybridized carbons (Fsp3) is 0.533. The van der Waals surface area contributed by atoms with Crippen molar-refractivity contribution in [2.45, 2.75) is 46.3 Å². The van der Waals surface area contributed by atoms with E-state index in [1.807, 2.05) is 0 Å². The van der Waals surface area contributed by atoms with Crippen molar-refractivity contribution < 1.29 is 19.4 Å². The number of aliphatic hydroxyl groups is 1. The van der Waals surface area contributed by atoms with Crippen LogP contribution in [0.2, 0.25) is 0 Å². The van der Waals surface area contributed by atoms with Crippen LogP contribution in [-0.4, -0.2) is 39.0 Å². The van der Waals surface area contributed by atoms with Crippen LogP contribution in [0.5, 0.6) is 0 Å². The average Bonchev–Trinajstić information content (AvgIpc) is 2.79. The fourth-order valence-corrected chi connectivity index (χ4v) is 2.38. The number of hydrogen-bond donors (Lipinski definition) is 2. The first-order valence-corrected chi connectivity index (χ1v) is 6.83. The van der Waals surface area contributed by atoms with Gasteiger partial charge in [0.15, 0.2) is 11.5 Å². The zero-order valence-corrected chi connectivity index (χ0v) is 12.6. The molecule has 0 saturated heterocycles. The lowest BCUT2D eigenvalue weighted by Crippen LogP contribution is -2.40. The number of ether oxygens (including phenoxy) is 1. The van der Waals surface area contributed by atoms with Crippen LogP contribution < -0.4 is 0 Å². The zero-order valence-electron chi connectivity index (χ0n) is 12.6. The van der Waals surface area contributed by atoms with Crippen LogP contribution in [0.4, 0.5) is 0 Å². The number of allylic oxidation sites excluding steroid dienone is 1. The minimum Gasteiger partial charge on any atom is -0.451 e. The molecule has 6 heteroatoms. The van der Waals surface area contributed by atoms with E-state index in [4.69, 9.17) is 4.74 Å². The predicted molar refractivity (Wildman–Crippen MR) is 75.7 cm³/mol. The number of aromatic amines is 1. The third kappa shape index (κ3) is 3.05. The molecule has 114 valence electrons. The highest BCUT2D eigenvalue weighted by Crippen LogP contribution is 2.33. The Balaban J connectivity index is 2.26. The van der Waals surface area contributed by atoms with Gasteiger partial charge in [-0.05, 0) is 25.5 Å². The van der Waals surface area contributed by atoms with E-state index in [0.717, 1.165) is 0 Å². The zero-order chi connectivity index (χ0) is 15.8. The highest BCUT2D eigenvalue weighted by atomic mass is 16.6. The van der Waals surface area contributed by atoms with Gasteiger partial charge in [0.2, 0.25) is 0 Å². The summed E-state index contributed by atoms with van der Waals surface area (Å²) in [5, 5.41) is 10.4. The molecule has 1 aliphatic carbocycles. The monoisotopic (exact) mass is 292 g/mol. The number of carbonyl (C=O) groups excluding carboxylic acids is 2. The molecule has 0 aliphatic heterocycles. The van der Waals surface area contributed by atoms with Crippen molar-refractivity contribution in [3.8, 4) is 0 Å². The summed E-state index contributed by atoms with van der Waals surface area (Å²) in [7, 11) is 0. The Hall–Kier alpha value is -1.95. The number of aryl methyl sites for hydroxylation is 1. The predicted octanol–water partition coefficient (Wildman–Crippen LogP) is 1.55. The quantitative estimate of drug-likeness (QED) is 0.807. The number of aromatic nitrogens is 2. The van der Waals surface area contributed by atoms with E-state index in [9.17, 15) is 14.7 Å². The standard InChI is InChI=1S/C15H20N2O4/c1-8-5-11(13(19)15(3,4)6-10(8)18)21-14(20)12-9(2)16-7-17-12/h5,7,11,13,19H,6H2,1-4H3,(H,16,17). The Morgan fingerprint density at radius 3 is 2.71 bits per heavy atom. The highest BCUT2D eigenvalue weighted by molar-refractivity contribution is 5.96. The number of H-pyrrole nitrogens is 1. The van der Waals surface area contributed by atoms with E-state index in [1.165, 1.54) is 12.4 Å². The number of aliphatic hydroxyl groups excluding tert-OH is 1. The van der Waals surface area contributed by atoms with Gasteiger partial charge in [-0.25, -0.2) is 9.78 Å². The van der Waals surface area contributed by atoms with Gasteiger partial charge in [-0.15, -0.1) is 0 Å². The van der Waals surface area contributed by atoms with E-state index in [0.29, 0.717) is 11.3 Å². The number of esters is 1. The van der Waals surface area contributed by atoms with Crippen LogP contribution in [0, 0.1) is 12.3 Å². The van der Waals surface area contributed by atoms with Crippen molar-refractivity contribution >= 4 is 11.8 Å². The first kappa shape index (κ1) is 15.4. The molecular formula is C15H20N2O4. The van der Waals surface area contributed by atoms with Crippen molar-refractivity contribution in [3.05, 3.63) is 29.4 Å². The van der Waals surface area contributed by atoms with Crippen molar-refractivity contribution in [2.24, 2.45) is 5.41 Å². The summed E-state index contributed by atoms with van der Waals surface area (Å²) < 4.78 is 5.36. The maximum absolute atomic E-state index is 12.1. The van der Waals surface area contributed by atoms with Crippen molar-refractivity contribution in [3.63, 3.8) is 0 Å². The van der Waals surface area contributed by atoms with Gasteiger partial charge < -0.3 is 14.8 Å². The molecule has 0 bridgehead atoms. The second-order valence-corrected chi connectivity index (χ2v) is 6.13. The Labute approximate surface area is 123 Å². The Morgan fingerprint density at radius 1 is 1.48 bits per heavy atom. The van der Waals surface area contributed by atoms with Crippen molar-refractivity contribution in [2.75, 3.05) is 0 Å². The SMILES string of the molecule is CC1=CC(OC(=O)c2nc[nH]c2C)C(O)C(C)(C)CC1=O. The van der Waals surface area contributed by atoms with Crippen LogP contribution in [0.15, 0.2) is 18.0 Å². The van der Waals surface area contributed by atoms with Crippen molar-refractivity contribution in [1.29, 1.82) is 0 Å². The summed E-state index contributed by atoms with van der Waals surface area (Å²) in [5.74, 6) is -0.666. The maximum atomic E-state index is 12.1. The van der Waals surface area contributed by atoms with Crippen LogP contribution in [0.3, 0.4) is 0 Å². The summed E-state index contributed by atoms with van der Waals surface area (Å²) in [6, 6.07) is 0. The summed E-state index contributed by atoms with van der Waals surface area (Å²) >= 11 is 0. The largest absolute Gasteiger partial charge is 0.451 e. The van der Waals surface area contributed by atoms with Crippen LogP contribution >= 0.6 is 0 Å². The molecule has 2 unspecified atom stereocenters. The average molecular weight is 292 g/mol. The fourth-order valence-electron chi connectivity index (χ4n) is 2.38. The van der Waals surface area contributed by atoms with Crippen molar-refractivity contribution in [1.82, 2.24) is 9.97 Å². The topological polar surface area (TPSA) is 92.3 Å². The van der Waals surface area contributed by atoms with Gasteiger partial charge in [0.1, 0.15) is 12.2 Å². The number of rotatable bonds is 2. The lowest BCUT2D eigenvalue weighted by molar-refractivity contribution is -0.119. The van der Waals surface area contributed by atoms with Gasteiger partial charge in [0.25, 0.3) is 0 Å². The summed E-state index contributed by atoms with van der Waals surface area (Å²) in [6.07, 6.45) is 1.31. The molecule has 1 aliphatic rings. The normalized spacial score (nSPS) is 25.2. The molecule has 0 amide bonds. The third-order valence-corrected chi connectivity index (χ3v) is 3.85. The Kier molecular flexibility index (Phi) is 4.00. The molecule has 21 heavy (non-hydrogen) atoms. The lowest BCUT2D eigenvalue weighted by Gasteiger charge is -2.31. The third-order valence-electron chi connectivity index (χ3n) is 3.85. The van der Waals surface area contributed by atoms with Crippen LogP contribution in [0.25, 0.3) is 0 Å². The number of imidazole rings is 1. The van der Waals surface area contributed by atoms with Crippen LogP contribution in [-0.2, 0) is 9.53 Å². The molecule has 1 heterocycles. The number of nitrogens with zero attached hydrogens (tertiary/aromatic N) is 1. The summed E-state index contributed by atoms with van der Waals surface area (Å²) in [6.45, 7) is 6.93. The van der Waals surface area contributed by atoms with E-state index < -0.39 is 23.6 Å². The van der Waals surface area contributed by atoms with Gasteiger partial charge >= 0.3 is 5.97 Å². The maximum Gasteiger partial charge on any atom is 0.359 e. The minimum absolute atomic E-state index is 0.0476. The summed E-state index contributed by atoms with van der Waals surface area (Å²) in [5.41, 5.74) is 0.605. The molecule has 1 aromatic heterocycles.